The van der Waals surface area contributed by atoms with Gasteiger partial charge in [0.1, 0.15) is 0 Å². The van der Waals surface area contributed by atoms with Crippen LogP contribution in [0.4, 0.5) is 0 Å². The van der Waals surface area contributed by atoms with Crippen LogP contribution in [0.2, 0.25) is 0 Å². The van der Waals surface area contributed by atoms with Crippen LogP contribution < -0.4 is 29.6 Å². The Hall–Kier alpha value is 0.680. The van der Waals surface area contributed by atoms with Crippen LogP contribution >= 0.6 is 11.8 Å². The van der Waals surface area contributed by atoms with Crippen LogP contribution in [-0.2, 0) is 10.0 Å². The number of hydrogen-bond acceptors (Lipinski definition) is 2. The van der Waals surface area contributed by atoms with E-state index in [9.17, 15) is 8.42 Å². The van der Waals surface area contributed by atoms with Gasteiger partial charge < -0.3 is 4.24 Å². The number of rotatable bonds is 2. The summed E-state index contributed by atoms with van der Waals surface area (Å²) in [5.74, 6) is -0.120. The Morgan fingerprint density at radius 1 is 1.43 bits per heavy atom. The van der Waals surface area contributed by atoms with Crippen molar-refractivity contribution in [1.82, 2.24) is 0 Å². The van der Waals surface area contributed by atoms with Gasteiger partial charge >= 0.3 is 29.6 Å². The third kappa shape index (κ3) is 2.43. The number of nitrogens with zero attached hydrogens (tertiary/aromatic N) is 1. The Balaban J connectivity index is 0.00000169. The average molecular weight is 244 g/mol. The van der Waals surface area contributed by atoms with Crippen LogP contribution in [-0.4, -0.2) is 13.2 Å². The normalized spacial score (nSPS) is 31.2. The fourth-order valence-corrected chi connectivity index (χ4v) is 2.61. The first-order chi connectivity index (χ1) is 5.94. The maximum atomic E-state index is 11.5. The van der Waals surface area contributed by atoms with E-state index in [0.717, 1.165) is 0 Å². The Bertz CT molecular complexity index is 352. The van der Waals surface area contributed by atoms with Crippen molar-refractivity contribution >= 4 is 21.8 Å². The summed E-state index contributed by atoms with van der Waals surface area (Å²) in [5.41, 5.74) is 0. The van der Waals surface area contributed by atoms with Gasteiger partial charge in [-0.05, 0) is 12.8 Å². The third-order valence-electron chi connectivity index (χ3n) is 2.49. The van der Waals surface area contributed by atoms with Gasteiger partial charge in [-0.15, -0.1) is 0 Å². The molecule has 1 aliphatic rings. The molecule has 3 nitrogen and oxygen atoms in total. The zero-order valence-corrected chi connectivity index (χ0v) is 12.0. The van der Waals surface area contributed by atoms with Crippen LogP contribution in [0.1, 0.15) is 13.8 Å². The maximum Gasteiger partial charge on any atom is 1.00 e. The Morgan fingerprint density at radius 3 is 2.43 bits per heavy atom. The third-order valence-corrected chi connectivity index (χ3v) is 4.84. The van der Waals surface area contributed by atoms with Crippen molar-refractivity contribution < 1.29 is 38.0 Å². The van der Waals surface area contributed by atoms with Crippen LogP contribution in [0.15, 0.2) is 24.3 Å². The molecule has 0 aromatic carbocycles. The molecule has 0 aromatic rings. The van der Waals surface area contributed by atoms with E-state index in [1.165, 1.54) is 0 Å². The molecule has 0 aliphatic heterocycles. The topological polar surface area (TPSA) is 48.2 Å². The first-order valence-electron chi connectivity index (χ1n) is 3.88. The molecule has 0 saturated carbocycles. The van der Waals surface area contributed by atoms with Crippen LogP contribution in [0.25, 0.3) is 4.24 Å². The summed E-state index contributed by atoms with van der Waals surface area (Å²) in [7, 11) is -3.62. The summed E-state index contributed by atoms with van der Waals surface area (Å²) < 4.78 is 24.9. The van der Waals surface area contributed by atoms with Crippen molar-refractivity contribution in [2.45, 2.75) is 18.6 Å². The molecule has 0 amide bonds. The van der Waals surface area contributed by atoms with Gasteiger partial charge in [-0.3, -0.25) is 11.8 Å². The monoisotopic (exact) mass is 243 g/mol. The largest absolute Gasteiger partial charge is 1.00 e. The van der Waals surface area contributed by atoms with Gasteiger partial charge in [0.15, 0.2) is 0 Å². The molecular weight excluding hydrogens is 233 g/mol. The van der Waals surface area contributed by atoms with Gasteiger partial charge in [-0.1, -0.05) is 31.2 Å². The maximum absolute atomic E-state index is 11.5. The molecule has 2 unspecified atom stereocenters. The summed E-state index contributed by atoms with van der Waals surface area (Å²) in [6.07, 6.45) is 6.94. The molecule has 14 heavy (non-hydrogen) atoms. The van der Waals surface area contributed by atoms with Crippen molar-refractivity contribution in [2.75, 3.05) is 0 Å². The Labute approximate surface area is 112 Å². The Morgan fingerprint density at radius 2 is 2.00 bits per heavy atom. The predicted molar refractivity (Wildman–Crippen MR) is 54.0 cm³/mol. The molecule has 2 atom stereocenters. The van der Waals surface area contributed by atoms with E-state index >= 15 is 0 Å². The van der Waals surface area contributed by atoms with Crippen molar-refractivity contribution in [3.05, 3.63) is 28.5 Å². The second kappa shape index (κ2) is 5.14. The van der Waals surface area contributed by atoms with Crippen LogP contribution in [0.3, 0.4) is 0 Å². The molecule has 74 valence electrons. The quantitative estimate of drug-likeness (QED) is 0.607. The van der Waals surface area contributed by atoms with E-state index in [1.54, 1.807) is 19.1 Å². The van der Waals surface area contributed by atoms with Gasteiger partial charge in [0.2, 0.25) is 0 Å². The summed E-state index contributed by atoms with van der Waals surface area (Å²) >= 11 is 5.06. The minimum Gasteiger partial charge on any atom is -0.462 e. The minimum absolute atomic E-state index is 0. The van der Waals surface area contributed by atoms with E-state index < -0.39 is 14.8 Å². The molecule has 0 N–H and O–H groups in total. The zero-order chi connectivity index (χ0) is 10.1. The molecule has 6 heteroatoms. The first kappa shape index (κ1) is 14.7. The molecule has 0 saturated heterocycles. The van der Waals surface area contributed by atoms with Gasteiger partial charge in [0.05, 0.1) is 14.8 Å². The molecular formula is C8H11ClNNaO2S. The molecule has 0 heterocycles. The molecule has 1 aliphatic carbocycles. The van der Waals surface area contributed by atoms with E-state index in [-0.39, 0.29) is 35.5 Å². The van der Waals surface area contributed by atoms with Crippen molar-refractivity contribution in [2.24, 2.45) is 5.92 Å². The second-order valence-corrected chi connectivity index (χ2v) is 5.64. The fourth-order valence-electron chi connectivity index (χ4n) is 1.22. The standard InChI is InChI=1S/C8H11ClNO2S.Na/c1-7-5-3-4-6-8(7,2)13(11,12)10-9;/h3-7H,1-2H3;/q-1;+1. The molecule has 1 rings (SSSR count). The van der Waals surface area contributed by atoms with Gasteiger partial charge in [-0.2, -0.15) is 0 Å². The molecule has 0 bridgehead atoms. The smallest absolute Gasteiger partial charge is 0.462 e. The fraction of sp³-hybridized carbons (Fsp3) is 0.500. The summed E-state index contributed by atoms with van der Waals surface area (Å²) in [6.45, 7) is 3.43. The van der Waals surface area contributed by atoms with E-state index in [4.69, 9.17) is 11.8 Å². The SMILES string of the molecule is CC1C=CC=CC1(C)S(=O)(=O)[N-]Cl.[Na+]. The number of halogens is 1. The summed E-state index contributed by atoms with van der Waals surface area (Å²) in [5, 5.41) is 0. The van der Waals surface area contributed by atoms with E-state index in [0.29, 0.717) is 0 Å². The van der Waals surface area contributed by atoms with Crippen LogP contribution in [0.5, 0.6) is 0 Å². The summed E-state index contributed by atoms with van der Waals surface area (Å²) in [6, 6.07) is 0. The van der Waals surface area contributed by atoms with Crippen LogP contribution in [0, 0.1) is 5.92 Å². The first-order valence-corrected chi connectivity index (χ1v) is 5.66. The zero-order valence-electron chi connectivity index (χ0n) is 8.44. The van der Waals surface area contributed by atoms with E-state index in [2.05, 4.69) is 4.24 Å². The number of hydrogen-bond donors (Lipinski definition) is 0. The van der Waals surface area contributed by atoms with Crippen molar-refractivity contribution in [1.29, 1.82) is 0 Å². The van der Waals surface area contributed by atoms with Crippen molar-refractivity contribution in [3.8, 4) is 0 Å². The molecule has 0 spiro atoms. The minimum atomic E-state index is -3.62. The van der Waals surface area contributed by atoms with Gasteiger partial charge in [0, 0.05) is 0 Å². The molecule has 0 radical (unpaired) electrons. The van der Waals surface area contributed by atoms with E-state index in [1.807, 2.05) is 19.1 Å². The number of allylic oxidation sites excluding steroid dienone is 3. The van der Waals surface area contributed by atoms with Crippen molar-refractivity contribution in [3.63, 3.8) is 0 Å². The predicted octanol–water partition coefficient (Wildman–Crippen LogP) is -0.631. The molecule has 0 aromatic heterocycles. The van der Waals surface area contributed by atoms with Gasteiger partial charge in [-0.25, -0.2) is 8.42 Å². The molecule has 0 fully saturated rings. The Kier molecular flexibility index (Phi) is 5.39. The summed E-state index contributed by atoms with van der Waals surface area (Å²) in [4.78, 5) is 0. The van der Waals surface area contributed by atoms with Gasteiger partial charge in [0.25, 0.3) is 0 Å². The average Bonchev–Trinajstić information content (AvgIpc) is 2.10. The number of sulfonamides is 1. The second-order valence-electron chi connectivity index (χ2n) is 3.26.